The molecule has 1 fully saturated rings. The molecule has 1 aromatic heterocycles. The first kappa shape index (κ1) is 35.3. The van der Waals surface area contributed by atoms with Gasteiger partial charge in [-0.25, -0.2) is 8.42 Å². The summed E-state index contributed by atoms with van der Waals surface area (Å²) in [4.78, 5) is 36.0. The number of hydrogen-bond acceptors (Lipinski definition) is 7. The minimum absolute atomic E-state index is 0.0426. The van der Waals surface area contributed by atoms with Crippen LogP contribution in [0, 0.1) is 13.8 Å². The summed E-state index contributed by atoms with van der Waals surface area (Å²) in [5.41, 5.74) is 2.92. The number of amidine groups is 1. The highest BCUT2D eigenvalue weighted by molar-refractivity contribution is 7.92. The summed E-state index contributed by atoms with van der Waals surface area (Å²) < 4.78 is 35.5. The molecular formula is C38H42ClN5O5S. The van der Waals surface area contributed by atoms with Crippen LogP contribution in [0.2, 0.25) is 5.02 Å². The molecule has 1 N–H and O–H groups in total. The third-order valence-corrected chi connectivity index (χ3v) is 11.4. The number of amides is 2. The van der Waals surface area contributed by atoms with E-state index in [1.807, 2.05) is 23.1 Å². The fraction of sp³-hybridized carbons (Fsp3) is 0.368. The van der Waals surface area contributed by atoms with Crippen molar-refractivity contribution in [2.24, 2.45) is 4.99 Å². The van der Waals surface area contributed by atoms with Crippen molar-refractivity contribution >= 4 is 45.1 Å². The van der Waals surface area contributed by atoms with Crippen molar-refractivity contribution in [1.82, 2.24) is 15.0 Å². The van der Waals surface area contributed by atoms with Crippen molar-refractivity contribution in [2.75, 3.05) is 11.8 Å². The van der Waals surface area contributed by atoms with Gasteiger partial charge in [-0.1, -0.05) is 91.5 Å². The molecule has 0 radical (unpaired) electrons. The van der Waals surface area contributed by atoms with Gasteiger partial charge in [0.1, 0.15) is 17.1 Å². The summed E-state index contributed by atoms with van der Waals surface area (Å²) in [7, 11) is -2.43. The second-order valence-corrected chi connectivity index (χ2v) is 15.3. The van der Waals surface area contributed by atoms with E-state index in [1.165, 1.54) is 6.07 Å². The lowest BCUT2D eigenvalue weighted by molar-refractivity contribution is -0.131. The number of carbonyl (C=O) groups is 2. The topological polar surface area (TPSA) is 125 Å². The zero-order chi connectivity index (χ0) is 35.6. The average molecular weight is 716 g/mol. The normalized spacial score (nSPS) is 15.5. The molecule has 1 aliphatic heterocycles. The highest BCUT2D eigenvalue weighted by Crippen LogP contribution is 2.41. The first-order valence-electron chi connectivity index (χ1n) is 17.0. The average Bonchev–Trinajstić information content (AvgIpc) is 3.78. The van der Waals surface area contributed by atoms with Crippen molar-refractivity contribution in [3.8, 4) is 11.1 Å². The molecule has 4 aromatic rings. The number of anilines is 1. The maximum absolute atomic E-state index is 13.9. The van der Waals surface area contributed by atoms with E-state index in [0.717, 1.165) is 56.3 Å². The molecule has 0 atom stereocenters. The molecule has 2 aliphatic rings. The number of rotatable bonds is 12. The van der Waals surface area contributed by atoms with Crippen molar-refractivity contribution in [3.63, 3.8) is 0 Å². The lowest BCUT2D eigenvalue weighted by Crippen LogP contribution is -2.40. The third kappa shape index (κ3) is 6.93. The lowest BCUT2D eigenvalue weighted by atomic mass is 9.95. The quantitative estimate of drug-likeness (QED) is 0.159. The van der Waals surface area contributed by atoms with Crippen LogP contribution in [-0.4, -0.2) is 53.6 Å². The number of sulfonamides is 1. The number of nitrogens with one attached hydrogen (secondary N) is 1. The van der Waals surface area contributed by atoms with Gasteiger partial charge in [0.2, 0.25) is 0 Å². The van der Waals surface area contributed by atoms with Gasteiger partial charge in [0.25, 0.3) is 21.8 Å². The first-order valence-corrected chi connectivity index (χ1v) is 18.9. The fourth-order valence-electron chi connectivity index (χ4n) is 6.81. The Labute approximate surface area is 298 Å². The predicted octanol–water partition coefficient (Wildman–Crippen LogP) is 7.93. The van der Waals surface area contributed by atoms with Crippen LogP contribution in [0.4, 0.5) is 5.82 Å². The molecule has 1 spiro atoms. The summed E-state index contributed by atoms with van der Waals surface area (Å²) in [6, 6.07) is 19.3. The number of aromatic nitrogens is 1. The number of benzene rings is 3. The summed E-state index contributed by atoms with van der Waals surface area (Å²) in [5.74, 6) is 1.24. The smallest absolute Gasteiger partial charge is 0.263 e. The van der Waals surface area contributed by atoms with Gasteiger partial charge < -0.3 is 9.42 Å². The van der Waals surface area contributed by atoms with Crippen LogP contribution in [-0.2, 0) is 27.9 Å². The molecule has 262 valence electrons. The standard InChI is InChI=1S/C38H42ClN5O5S/c1-5-6-17-34-40-38(20-11-12-21-38)37(46)44(34)23-27-18-19-29(28(22-27)24-43(4)36(45)31-14-7-9-15-32(31)39)30-13-8-10-16-33(30)50(47,48)42-35-25(2)26(3)49-41-35/h7-10,13-16,18-19,22H,5-6,11-12,17,20-21,23-24H2,1-4H3,(H,41,42). The van der Waals surface area contributed by atoms with E-state index in [-0.39, 0.29) is 29.1 Å². The van der Waals surface area contributed by atoms with Gasteiger partial charge in [0.05, 0.1) is 22.0 Å². The molecule has 1 saturated carbocycles. The Morgan fingerprint density at radius 3 is 2.46 bits per heavy atom. The van der Waals surface area contributed by atoms with Gasteiger partial charge in [-0.2, -0.15) is 0 Å². The van der Waals surface area contributed by atoms with E-state index < -0.39 is 15.6 Å². The minimum atomic E-state index is -4.12. The number of unbranched alkanes of at least 4 members (excludes halogenated alkanes) is 1. The number of aryl methyl sites for hydroxylation is 1. The molecule has 3 aromatic carbocycles. The third-order valence-electron chi connectivity index (χ3n) is 9.71. The van der Waals surface area contributed by atoms with Crippen molar-refractivity contribution in [1.29, 1.82) is 0 Å². The lowest BCUT2D eigenvalue weighted by Gasteiger charge is -2.25. The fourth-order valence-corrected chi connectivity index (χ4v) is 8.30. The molecule has 10 nitrogen and oxygen atoms in total. The van der Waals surface area contributed by atoms with E-state index in [1.54, 1.807) is 68.3 Å². The van der Waals surface area contributed by atoms with E-state index in [0.29, 0.717) is 45.1 Å². The number of aliphatic imine (C=N–C) groups is 1. The van der Waals surface area contributed by atoms with Crippen molar-refractivity contribution in [2.45, 2.75) is 89.2 Å². The Bertz CT molecular complexity index is 2070. The first-order chi connectivity index (χ1) is 23.9. The zero-order valence-electron chi connectivity index (χ0n) is 28.8. The van der Waals surface area contributed by atoms with Crippen LogP contribution in [0.5, 0.6) is 0 Å². The summed E-state index contributed by atoms with van der Waals surface area (Å²) >= 11 is 6.40. The molecule has 2 heterocycles. The van der Waals surface area contributed by atoms with Gasteiger partial charge in [0, 0.05) is 31.1 Å². The highest BCUT2D eigenvalue weighted by atomic mass is 35.5. The van der Waals surface area contributed by atoms with E-state index >= 15 is 0 Å². The monoisotopic (exact) mass is 715 g/mol. The molecule has 6 rings (SSSR count). The van der Waals surface area contributed by atoms with Gasteiger partial charge in [0.15, 0.2) is 5.82 Å². The second kappa shape index (κ2) is 14.4. The zero-order valence-corrected chi connectivity index (χ0v) is 30.4. The maximum atomic E-state index is 13.9. The summed E-state index contributed by atoms with van der Waals surface area (Å²) in [6.07, 6.45) is 6.17. The van der Waals surface area contributed by atoms with E-state index in [2.05, 4.69) is 16.8 Å². The Hall–Kier alpha value is -4.48. The van der Waals surface area contributed by atoms with Crippen LogP contribution < -0.4 is 4.72 Å². The van der Waals surface area contributed by atoms with Gasteiger partial charge in [-0.05, 0) is 68.0 Å². The Kier molecular flexibility index (Phi) is 10.2. The van der Waals surface area contributed by atoms with Gasteiger partial charge >= 0.3 is 0 Å². The van der Waals surface area contributed by atoms with Gasteiger partial charge in [-0.3, -0.25) is 24.2 Å². The van der Waals surface area contributed by atoms with Crippen LogP contribution in [0.15, 0.2) is 81.1 Å². The summed E-state index contributed by atoms with van der Waals surface area (Å²) in [5, 5.41) is 4.24. The molecule has 12 heteroatoms. The second-order valence-electron chi connectivity index (χ2n) is 13.2. The van der Waals surface area contributed by atoms with E-state index in [4.69, 9.17) is 21.1 Å². The Morgan fingerprint density at radius 2 is 1.76 bits per heavy atom. The molecule has 0 bridgehead atoms. The number of carbonyl (C=O) groups excluding carboxylic acids is 2. The predicted molar refractivity (Wildman–Crippen MR) is 195 cm³/mol. The number of hydrogen-bond donors (Lipinski definition) is 1. The Morgan fingerprint density at radius 1 is 1.04 bits per heavy atom. The Balaban J connectivity index is 1.40. The molecular weight excluding hydrogens is 674 g/mol. The summed E-state index contributed by atoms with van der Waals surface area (Å²) in [6.45, 7) is 6.04. The molecule has 1 aliphatic carbocycles. The van der Waals surface area contributed by atoms with Crippen LogP contribution in [0.1, 0.15) is 84.7 Å². The van der Waals surface area contributed by atoms with Crippen LogP contribution >= 0.6 is 11.6 Å². The van der Waals surface area contributed by atoms with Crippen LogP contribution in [0.25, 0.3) is 11.1 Å². The minimum Gasteiger partial charge on any atom is -0.359 e. The maximum Gasteiger partial charge on any atom is 0.263 e. The molecule has 50 heavy (non-hydrogen) atoms. The largest absolute Gasteiger partial charge is 0.359 e. The SMILES string of the molecule is CCCCC1=NC2(CCCC2)C(=O)N1Cc1ccc(-c2ccccc2S(=O)(=O)Nc2noc(C)c2C)c(CN(C)C(=O)c2ccccc2Cl)c1. The highest BCUT2D eigenvalue weighted by Gasteiger charge is 2.49. The number of halogens is 1. The van der Waals surface area contributed by atoms with Crippen LogP contribution in [0.3, 0.4) is 0 Å². The van der Waals surface area contributed by atoms with Gasteiger partial charge in [-0.15, -0.1) is 0 Å². The van der Waals surface area contributed by atoms with Crippen molar-refractivity contribution < 1.29 is 22.5 Å². The molecule has 0 saturated heterocycles. The van der Waals surface area contributed by atoms with Crippen molar-refractivity contribution in [3.05, 3.63) is 99.8 Å². The molecule has 0 unspecified atom stereocenters. The number of nitrogens with zero attached hydrogens (tertiary/aromatic N) is 4. The molecule has 2 amide bonds. The van der Waals surface area contributed by atoms with E-state index in [9.17, 15) is 18.0 Å².